The number of nitrogens with zero attached hydrogens (tertiary/aromatic N) is 2. The van der Waals surface area contributed by atoms with Crippen molar-refractivity contribution in [3.05, 3.63) is 53.9 Å². The van der Waals surface area contributed by atoms with Gasteiger partial charge in [0.05, 0.1) is 17.4 Å². The molecule has 0 fully saturated rings. The maximum absolute atomic E-state index is 12.3. The fourth-order valence-electron chi connectivity index (χ4n) is 2.05. The molecule has 0 aliphatic carbocycles. The van der Waals surface area contributed by atoms with E-state index in [-0.39, 0.29) is 17.9 Å². The highest BCUT2D eigenvalue weighted by Crippen LogP contribution is 2.14. The smallest absolute Gasteiger partial charge is 0.257 e. The van der Waals surface area contributed by atoms with E-state index in [4.69, 9.17) is 0 Å². The third-order valence-electron chi connectivity index (χ3n) is 3.33. The van der Waals surface area contributed by atoms with Crippen LogP contribution in [0.4, 0.5) is 11.4 Å². The Morgan fingerprint density at radius 2 is 1.67 bits per heavy atom. The summed E-state index contributed by atoms with van der Waals surface area (Å²) < 4.78 is 0. The number of benzene rings is 1. The van der Waals surface area contributed by atoms with Gasteiger partial charge >= 0.3 is 0 Å². The van der Waals surface area contributed by atoms with Crippen LogP contribution in [0.5, 0.6) is 0 Å². The average molecular weight is 326 g/mol. The second-order valence-electron chi connectivity index (χ2n) is 5.99. The van der Waals surface area contributed by atoms with Gasteiger partial charge in [0, 0.05) is 37.6 Å². The van der Waals surface area contributed by atoms with Crippen molar-refractivity contribution >= 4 is 23.2 Å². The molecular weight excluding hydrogens is 304 g/mol. The minimum absolute atomic E-state index is 0.0772. The van der Waals surface area contributed by atoms with Gasteiger partial charge in [-0.2, -0.15) is 0 Å². The van der Waals surface area contributed by atoms with Crippen molar-refractivity contribution in [1.29, 1.82) is 0 Å². The van der Waals surface area contributed by atoms with Gasteiger partial charge in [-0.15, -0.1) is 0 Å². The molecule has 0 aliphatic rings. The van der Waals surface area contributed by atoms with Crippen molar-refractivity contribution in [3.63, 3.8) is 0 Å². The summed E-state index contributed by atoms with van der Waals surface area (Å²) in [6.45, 7) is 3.81. The number of nitrogens with one attached hydrogen (secondary N) is 2. The summed E-state index contributed by atoms with van der Waals surface area (Å²) in [5.74, 6) is -0.378. The Labute approximate surface area is 141 Å². The highest BCUT2D eigenvalue weighted by Gasteiger charge is 2.10. The molecule has 0 aliphatic heterocycles. The monoisotopic (exact) mass is 326 g/mol. The SMILES string of the molecule is CC(C)NC(=O)c1ccc(NC(=O)c2cncc(N(C)C)c2)cc1. The van der Waals surface area contributed by atoms with Crippen molar-refractivity contribution in [2.45, 2.75) is 19.9 Å². The topological polar surface area (TPSA) is 74.3 Å². The summed E-state index contributed by atoms with van der Waals surface area (Å²) in [5, 5.41) is 5.62. The molecule has 2 rings (SSSR count). The summed E-state index contributed by atoms with van der Waals surface area (Å²) in [5.41, 5.74) is 2.50. The fourth-order valence-corrected chi connectivity index (χ4v) is 2.05. The van der Waals surface area contributed by atoms with Crippen LogP contribution >= 0.6 is 0 Å². The first-order chi connectivity index (χ1) is 11.4. The molecule has 1 aromatic carbocycles. The van der Waals surface area contributed by atoms with Crippen molar-refractivity contribution in [2.75, 3.05) is 24.3 Å². The molecule has 0 radical (unpaired) electrons. The Morgan fingerprint density at radius 1 is 1.00 bits per heavy atom. The summed E-state index contributed by atoms with van der Waals surface area (Å²) in [7, 11) is 3.78. The lowest BCUT2D eigenvalue weighted by Crippen LogP contribution is -2.30. The molecule has 0 atom stereocenters. The van der Waals surface area contributed by atoms with E-state index >= 15 is 0 Å². The van der Waals surface area contributed by atoms with Crippen molar-refractivity contribution in [3.8, 4) is 0 Å². The molecule has 6 heteroatoms. The van der Waals surface area contributed by atoms with E-state index in [1.807, 2.05) is 32.8 Å². The van der Waals surface area contributed by atoms with Gasteiger partial charge in [0.15, 0.2) is 0 Å². The van der Waals surface area contributed by atoms with E-state index < -0.39 is 0 Å². The first kappa shape index (κ1) is 17.5. The van der Waals surface area contributed by atoms with Gasteiger partial charge in [-0.05, 0) is 44.2 Å². The molecule has 0 bridgehead atoms. The number of pyridine rings is 1. The largest absolute Gasteiger partial charge is 0.376 e. The predicted molar refractivity (Wildman–Crippen MR) is 95.6 cm³/mol. The number of rotatable bonds is 5. The molecule has 1 aromatic heterocycles. The average Bonchev–Trinajstić information content (AvgIpc) is 2.55. The Bertz CT molecular complexity index is 724. The molecule has 1 heterocycles. The second-order valence-corrected chi connectivity index (χ2v) is 5.99. The standard InChI is InChI=1S/C18H22N4O2/c1-12(2)20-17(23)13-5-7-15(8-6-13)21-18(24)14-9-16(22(3)4)11-19-10-14/h5-12H,1-4H3,(H,20,23)(H,21,24). The van der Waals surface area contributed by atoms with E-state index in [1.165, 1.54) is 6.20 Å². The highest BCUT2D eigenvalue weighted by molar-refractivity contribution is 6.04. The van der Waals surface area contributed by atoms with Crippen molar-refractivity contribution in [1.82, 2.24) is 10.3 Å². The summed E-state index contributed by atoms with van der Waals surface area (Å²) >= 11 is 0. The molecule has 6 nitrogen and oxygen atoms in total. The minimum Gasteiger partial charge on any atom is -0.376 e. The van der Waals surface area contributed by atoms with Crippen LogP contribution in [0.1, 0.15) is 34.6 Å². The summed E-state index contributed by atoms with van der Waals surface area (Å²) in [6.07, 6.45) is 3.21. The van der Waals surface area contributed by atoms with Gasteiger partial charge in [-0.3, -0.25) is 14.6 Å². The Hall–Kier alpha value is -2.89. The highest BCUT2D eigenvalue weighted by atomic mass is 16.2. The molecule has 24 heavy (non-hydrogen) atoms. The van der Waals surface area contributed by atoms with E-state index in [1.54, 1.807) is 36.5 Å². The van der Waals surface area contributed by atoms with E-state index in [2.05, 4.69) is 15.6 Å². The van der Waals surface area contributed by atoms with E-state index in [0.29, 0.717) is 16.8 Å². The summed E-state index contributed by atoms with van der Waals surface area (Å²) in [4.78, 5) is 30.2. The molecule has 0 spiro atoms. The lowest BCUT2D eigenvalue weighted by Gasteiger charge is -2.13. The predicted octanol–water partition coefficient (Wildman–Crippen LogP) is 2.54. The van der Waals surface area contributed by atoms with Gasteiger partial charge in [-0.25, -0.2) is 0 Å². The van der Waals surface area contributed by atoms with Crippen LogP contribution in [0, 0.1) is 0 Å². The van der Waals surface area contributed by atoms with Crippen LogP contribution < -0.4 is 15.5 Å². The molecule has 0 saturated heterocycles. The number of anilines is 2. The first-order valence-electron chi connectivity index (χ1n) is 7.71. The summed E-state index contributed by atoms with van der Waals surface area (Å²) in [6, 6.07) is 8.62. The number of carbonyl (C=O) groups excluding carboxylic acids is 2. The van der Waals surface area contributed by atoms with Gasteiger partial charge in [0.1, 0.15) is 0 Å². The van der Waals surface area contributed by atoms with Gasteiger partial charge < -0.3 is 15.5 Å². The Morgan fingerprint density at radius 3 is 2.25 bits per heavy atom. The second kappa shape index (κ2) is 7.59. The molecule has 126 valence electrons. The lowest BCUT2D eigenvalue weighted by molar-refractivity contribution is 0.0942. The molecule has 2 N–H and O–H groups in total. The zero-order valence-corrected chi connectivity index (χ0v) is 14.3. The van der Waals surface area contributed by atoms with Crippen molar-refractivity contribution < 1.29 is 9.59 Å². The van der Waals surface area contributed by atoms with Crippen LogP contribution in [0.3, 0.4) is 0 Å². The normalized spacial score (nSPS) is 10.4. The zero-order chi connectivity index (χ0) is 17.7. The molecule has 0 unspecified atom stereocenters. The minimum atomic E-state index is -0.245. The number of amides is 2. The van der Waals surface area contributed by atoms with Crippen LogP contribution in [-0.2, 0) is 0 Å². The quantitative estimate of drug-likeness (QED) is 0.885. The first-order valence-corrected chi connectivity index (χ1v) is 7.71. The maximum atomic E-state index is 12.3. The fraction of sp³-hybridized carbons (Fsp3) is 0.278. The lowest BCUT2D eigenvalue weighted by atomic mass is 10.1. The third-order valence-corrected chi connectivity index (χ3v) is 3.33. The number of aromatic nitrogens is 1. The molecule has 0 saturated carbocycles. The Balaban J connectivity index is 2.07. The van der Waals surface area contributed by atoms with Crippen molar-refractivity contribution in [2.24, 2.45) is 0 Å². The zero-order valence-electron chi connectivity index (χ0n) is 14.3. The van der Waals surface area contributed by atoms with Gasteiger partial charge in [0.25, 0.3) is 11.8 Å². The van der Waals surface area contributed by atoms with E-state index in [9.17, 15) is 9.59 Å². The van der Waals surface area contributed by atoms with Crippen LogP contribution in [0.2, 0.25) is 0 Å². The Kier molecular flexibility index (Phi) is 5.52. The van der Waals surface area contributed by atoms with Crippen LogP contribution in [0.15, 0.2) is 42.7 Å². The third kappa shape index (κ3) is 4.55. The number of hydrogen-bond acceptors (Lipinski definition) is 4. The van der Waals surface area contributed by atoms with Crippen LogP contribution in [-0.4, -0.2) is 36.9 Å². The number of hydrogen-bond donors (Lipinski definition) is 2. The van der Waals surface area contributed by atoms with Gasteiger partial charge in [-0.1, -0.05) is 0 Å². The molecule has 2 aromatic rings. The van der Waals surface area contributed by atoms with Crippen LogP contribution in [0.25, 0.3) is 0 Å². The maximum Gasteiger partial charge on any atom is 0.257 e. The molecular formula is C18H22N4O2. The number of carbonyl (C=O) groups is 2. The van der Waals surface area contributed by atoms with E-state index in [0.717, 1.165) is 5.69 Å². The van der Waals surface area contributed by atoms with Gasteiger partial charge in [0.2, 0.25) is 0 Å². The molecule has 2 amide bonds.